The average Bonchev–Trinajstić information content (AvgIpc) is 1.53. The highest BCUT2D eigenvalue weighted by atomic mass is 19.4. The number of aromatic nitrogens is 1. The van der Waals surface area contributed by atoms with E-state index in [1.807, 2.05) is 42.5 Å². The summed E-state index contributed by atoms with van der Waals surface area (Å²) in [5.74, 6) is -20.3. The maximum Gasteiger partial charge on any atom is 0.380 e. The molecule has 5 aromatic carbocycles. The van der Waals surface area contributed by atoms with E-state index in [1.54, 1.807) is 31.2 Å². The lowest BCUT2D eigenvalue weighted by Gasteiger charge is -2.43. The van der Waals surface area contributed by atoms with Crippen molar-refractivity contribution in [2.45, 2.75) is 236 Å². The van der Waals surface area contributed by atoms with Crippen molar-refractivity contribution in [1.29, 1.82) is 0 Å². The van der Waals surface area contributed by atoms with E-state index in [0.29, 0.717) is 86.5 Å². The summed E-state index contributed by atoms with van der Waals surface area (Å²) in [6.07, 6.45) is 31.8. The first-order chi connectivity index (χ1) is 61.6. The number of unbranched alkanes of at least 4 members (excludes halogenated alkanes) is 15. The first kappa shape index (κ1) is 119. The number of halogens is 8. The number of nitrogens with zero attached hydrogens (tertiary/aromatic N) is 1. The lowest BCUT2D eigenvalue weighted by atomic mass is 9.63. The first-order valence-electron chi connectivity index (χ1n) is 44.8. The van der Waals surface area contributed by atoms with Crippen LogP contribution in [0.15, 0.2) is 152 Å². The molecule has 730 valence electrons. The van der Waals surface area contributed by atoms with Gasteiger partial charge in [-0.2, -0.15) is 35.1 Å². The monoisotopic (exact) mass is 1830 g/mol. The molecule has 5 atom stereocenters. The molecular weight excluding hydrogens is 1680 g/mol. The number of allylic oxidation sites excluding steroid dienone is 2. The van der Waals surface area contributed by atoms with Gasteiger partial charge in [-0.05, 0) is 220 Å². The Kier molecular flexibility index (Phi) is 66.1. The van der Waals surface area contributed by atoms with Crippen LogP contribution >= 0.6 is 0 Å². The zero-order valence-electron chi connectivity index (χ0n) is 74.4. The third kappa shape index (κ3) is 42.8. The van der Waals surface area contributed by atoms with Crippen molar-refractivity contribution in [1.82, 2.24) is 4.98 Å². The smallest absolute Gasteiger partial charge is 0.380 e. The Bertz CT molecular complexity index is 3420. The third-order valence-corrected chi connectivity index (χ3v) is 22.0. The molecule has 23 nitrogen and oxygen atoms in total. The molecule has 0 radical (unpaired) electrons. The largest absolute Gasteiger partial charge is 0.491 e. The molecule has 11 rings (SSSR count). The predicted octanol–water partition coefficient (Wildman–Crippen LogP) is 12.7. The minimum absolute atomic E-state index is 0.0167. The van der Waals surface area contributed by atoms with Gasteiger partial charge in [0, 0.05) is 72.7 Å². The van der Waals surface area contributed by atoms with Crippen molar-refractivity contribution in [2.75, 3.05) is 112 Å². The molecule has 2 saturated carbocycles. The van der Waals surface area contributed by atoms with Gasteiger partial charge in [0.15, 0.2) is 0 Å². The summed E-state index contributed by atoms with van der Waals surface area (Å²) >= 11 is 0. The zero-order chi connectivity index (χ0) is 95.5. The summed E-state index contributed by atoms with van der Waals surface area (Å²) in [5.41, 5.74) is 9.58. The molecule has 20 N–H and O–H groups in total. The van der Waals surface area contributed by atoms with Crippen LogP contribution in [-0.4, -0.2) is 249 Å². The van der Waals surface area contributed by atoms with Gasteiger partial charge in [0.05, 0.1) is 62.5 Å². The van der Waals surface area contributed by atoms with Gasteiger partial charge < -0.3 is 112 Å². The van der Waals surface area contributed by atoms with E-state index >= 15 is 0 Å². The molecule has 1 aromatic heterocycles. The number of rotatable bonds is 45. The summed E-state index contributed by atoms with van der Waals surface area (Å²) in [4.78, 5) is 3.91. The molecule has 0 spiro atoms. The molecule has 0 amide bonds. The molecule has 5 unspecified atom stereocenters. The molecule has 1 heterocycles. The standard InChI is InChI=1S/C29H26O4.C10H16O2.C10H22O2.C8H16O2.C8H10O2.C7H9NO2.C7H16O2.C6H6F8O2.2C6H14O2/c30-17-19-32-23-13-9-21(10-14-23)29(22-11-15-24(16-12-22)33-20-18-31)27-7-3-1-5-25(27)26-6-2-4-8-28(26)29;11-5-9-7-1-2-8(4-3-7)10(9)6-12;11-9-7-5-3-1-2-4-6-8-10-12;9-5-7-1-2-8(6-10)4-3-7;9-5-7-2-1-3-8(4-7)6-10;9-4-6-2-1-3-7(5-10)8-6;8-6-4-2-1-3-5-7-9;7-3(8,1-15)5(11,12)6(13,14)4(9,10)2-16;1-6(8)4-2-3-5-7;7-5-3-1-2-4-6-8/h1-16,30-31H,17-20H2;1-2,7-12H,3-6H2;11-12H,1-10H2;7-10H,1-6H2;1-4,9-10H,5-6H2;1-3,9-10H,4-5H2;8-9H,1-7H2;15-16H,1-2H2;6-8H,2-5H2,1H3;7-8H,1-6H2. The summed E-state index contributed by atoms with van der Waals surface area (Å²) < 4.78 is 110. The quantitative estimate of drug-likeness (QED) is 0.00957. The number of aliphatic hydroxyl groups is 20. The van der Waals surface area contributed by atoms with Crippen molar-refractivity contribution >= 4 is 0 Å². The highest BCUT2D eigenvalue weighted by Gasteiger charge is 2.80. The number of aliphatic hydroxyl groups excluding tert-OH is 20. The fourth-order valence-corrected chi connectivity index (χ4v) is 14.7. The van der Waals surface area contributed by atoms with Crippen molar-refractivity contribution in [3.05, 3.63) is 196 Å². The second kappa shape index (κ2) is 70.9. The van der Waals surface area contributed by atoms with E-state index in [4.69, 9.17) is 112 Å². The van der Waals surface area contributed by atoms with E-state index in [-0.39, 0.29) is 92.0 Å². The summed E-state index contributed by atoms with van der Waals surface area (Å²) in [6.45, 7) is -0.0687. The van der Waals surface area contributed by atoms with Gasteiger partial charge in [-0.3, -0.25) is 4.98 Å². The molecule has 6 aromatic rings. The summed E-state index contributed by atoms with van der Waals surface area (Å²) in [7, 11) is 0. The fraction of sp³-hybridized carbons (Fsp3) is 0.619. The van der Waals surface area contributed by atoms with Crippen LogP contribution in [0.25, 0.3) is 11.1 Å². The molecule has 128 heavy (non-hydrogen) atoms. The predicted molar refractivity (Wildman–Crippen MR) is 477 cm³/mol. The zero-order valence-corrected chi connectivity index (χ0v) is 74.4. The number of fused-ring (bicyclic) bond motifs is 5. The van der Waals surface area contributed by atoms with Crippen LogP contribution in [0.3, 0.4) is 0 Å². The van der Waals surface area contributed by atoms with Crippen LogP contribution in [0.1, 0.15) is 219 Å². The summed E-state index contributed by atoms with van der Waals surface area (Å²) in [6, 6.07) is 45.9. The van der Waals surface area contributed by atoms with Gasteiger partial charge in [0.25, 0.3) is 0 Å². The Balaban J connectivity index is 0.000000748. The van der Waals surface area contributed by atoms with Crippen LogP contribution in [-0.2, 0) is 31.8 Å². The van der Waals surface area contributed by atoms with Crippen molar-refractivity contribution < 1.29 is 147 Å². The molecule has 2 fully saturated rings. The highest BCUT2D eigenvalue weighted by molar-refractivity contribution is 5.86. The maximum absolute atomic E-state index is 12.4. The number of hydrogen-bond acceptors (Lipinski definition) is 23. The van der Waals surface area contributed by atoms with Crippen LogP contribution in [0.5, 0.6) is 11.5 Å². The van der Waals surface area contributed by atoms with Crippen LogP contribution in [0.4, 0.5) is 35.1 Å². The molecule has 5 aliphatic carbocycles. The second-order valence-electron chi connectivity index (χ2n) is 31.6. The first-order valence-corrected chi connectivity index (χ1v) is 44.8. The van der Waals surface area contributed by atoms with E-state index < -0.39 is 42.3 Å². The van der Waals surface area contributed by atoms with E-state index in [1.165, 1.54) is 60.8 Å². The maximum atomic E-state index is 12.4. The second-order valence-corrected chi connectivity index (χ2v) is 31.6. The Labute approximate surface area is 750 Å². The lowest BCUT2D eigenvalue weighted by molar-refractivity contribution is -0.373. The van der Waals surface area contributed by atoms with Gasteiger partial charge in [0.1, 0.15) is 37.9 Å². The highest BCUT2D eigenvalue weighted by Crippen LogP contribution is 2.57. The van der Waals surface area contributed by atoms with E-state index in [0.717, 1.165) is 162 Å². The number of benzene rings is 5. The molecule has 0 saturated heterocycles. The van der Waals surface area contributed by atoms with Crippen LogP contribution < -0.4 is 9.47 Å². The van der Waals surface area contributed by atoms with E-state index in [9.17, 15) is 35.1 Å². The molecule has 2 bridgehead atoms. The third-order valence-electron chi connectivity index (χ3n) is 22.0. The topological polar surface area (TPSA) is 436 Å². The van der Waals surface area contributed by atoms with Crippen molar-refractivity contribution in [3.8, 4) is 22.6 Å². The molecule has 5 aliphatic rings. The number of pyridine rings is 1. The van der Waals surface area contributed by atoms with Crippen LogP contribution in [0, 0.1) is 35.5 Å². The van der Waals surface area contributed by atoms with Gasteiger partial charge in [0.2, 0.25) is 0 Å². The molecular formula is C97H149F8NO22. The number of ether oxygens (including phenoxy) is 2. The van der Waals surface area contributed by atoms with E-state index in [2.05, 4.69) is 89.9 Å². The minimum Gasteiger partial charge on any atom is -0.491 e. The van der Waals surface area contributed by atoms with Gasteiger partial charge in [-0.25, -0.2) is 0 Å². The SMILES string of the molecule is CC(O)CCCCO.OCC(F)(F)C(F)(F)C(F)(F)C(F)(F)CO.OCC1C2C=CC(CC2)C1CO.OCC1CCC(CO)CC1.OCCCCCCCCCCO.OCCCCCCCO.OCCCCCCO.OCCOc1ccc(C2(c3ccc(OCCO)cc3)c3ccccc3-c3ccccc32)cc1.OCc1cccc(CO)c1.OCc1cccc(CO)n1. The summed E-state index contributed by atoms with van der Waals surface area (Å²) in [5, 5.41) is 172. The number of hydrogen-bond donors (Lipinski definition) is 20. The Morgan fingerprint density at radius 1 is 0.344 bits per heavy atom. The Morgan fingerprint density at radius 3 is 0.914 bits per heavy atom. The van der Waals surface area contributed by atoms with Crippen molar-refractivity contribution in [3.63, 3.8) is 0 Å². The average molecular weight is 1830 g/mol. The molecule has 31 heteroatoms. The Hall–Kier alpha value is -6.77. The number of alkyl halides is 8. The van der Waals surface area contributed by atoms with Gasteiger partial charge in [-0.1, -0.05) is 186 Å². The lowest BCUT2D eigenvalue weighted by Crippen LogP contribution is -2.64. The normalized spacial score (nSPS) is 16.9. The van der Waals surface area contributed by atoms with Crippen LogP contribution in [0.2, 0.25) is 0 Å². The van der Waals surface area contributed by atoms with Gasteiger partial charge >= 0.3 is 23.7 Å². The Morgan fingerprint density at radius 2 is 0.648 bits per heavy atom. The minimum atomic E-state index is -6.50. The van der Waals surface area contributed by atoms with Gasteiger partial charge in [-0.15, -0.1) is 0 Å². The fourth-order valence-electron chi connectivity index (χ4n) is 14.7. The van der Waals surface area contributed by atoms with Crippen molar-refractivity contribution in [2.24, 2.45) is 35.5 Å². The molecule has 0 aliphatic heterocycles.